The molecule has 0 amide bonds. The third-order valence-electron chi connectivity index (χ3n) is 2.16. The van der Waals surface area contributed by atoms with Crippen LogP contribution in [0.2, 0.25) is 0 Å². The zero-order valence-electron chi connectivity index (χ0n) is 8.59. The minimum atomic E-state index is -1.24. The second-order valence-electron chi connectivity index (χ2n) is 3.40. The Bertz CT molecular complexity index is 377. The first-order valence-electron chi connectivity index (χ1n) is 4.67. The average molecular weight is 223 g/mol. The fraction of sp³-hybridized carbons (Fsp3) is 0.400. The third kappa shape index (κ3) is 2.67. The maximum atomic E-state index is 9.09. The van der Waals surface area contributed by atoms with Gasteiger partial charge in [-0.3, -0.25) is 0 Å². The highest BCUT2D eigenvalue weighted by Gasteiger charge is 2.28. The predicted octanol–water partition coefficient (Wildman–Crippen LogP) is -0.919. The van der Waals surface area contributed by atoms with Crippen molar-refractivity contribution >= 4 is 5.82 Å². The third-order valence-corrected chi connectivity index (χ3v) is 2.16. The van der Waals surface area contributed by atoms with Crippen LogP contribution in [0.1, 0.15) is 5.69 Å². The molecule has 0 unspecified atom stereocenters. The van der Waals surface area contributed by atoms with Crippen LogP contribution in [0, 0.1) is 11.3 Å². The molecule has 0 saturated carbocycles. The molecule has 6 nitrogen and oxygen atoms in total. The summed E-state index contributed by atoms with van der Waals surface area (Å²) in [6.07, 6.45) is 0. The molecule has 6 heteroatoms. The first kappa shape index (κ1) is 12.4. The van der Waals surface area contributed by atoms with Crippen molar-refractivity contribution in [3.8, 4) is 6.07 Å². The lowest BCUT2D eigenvalue weighted by Gasteiger charge is -2.29. The maximum Gasteiger partial charge on any atom is 0.142 e. The second-order valence-corrected chi connectivity index (χ2v) is 3.40. The van der Waals surface area contributed by atoms with Gasteiger partial charge in [-0.05, 0) is 12.1 Å². The van der Waals surface area contributed by atoms with Crippen LogP contribution < -0.4 is 5.32 Å². The fourth-order valence-corrected chi connectivity index (χ4v) is 1.11. The molecule has 0 radical (unpaired) electrons. The smallest absolute Gasteiger partial charge is 0.142 e. The van der Waals surface area contributed by atoms with Crippen molar-refractivity contribution < 1.29 is 15.3 Å². The van der Waals surface area contributed by atoms with E-state index in [0.717, 1.165) is 0 Å². The number of nitriles is 1. The Morgan fingerprint density at radius 3 is 2.38 bits per heavy atom. The van der Waals surface area contributed by atoms with Crippen molar-refractivity contribution in [2.24, 2.45) is 0 Å². The van der Waals surface area contributed by atoms with E-state index in [-0.39, 0.29) is 5.69 Å². The topological polar surface area (TPSA) is 109 Å². The van der Waals surface area contributed by atoms with Gasteiger partial charge in [-0.1, -0.05) is 6.07 Å². The summed E-state index contributed by atoms with van der Waals surface area (Å²) in [7, 11) is 0. The van der Waals surface area contributed by atoms with Crippen molar-refractivity contribution in [3.63, 3.8) is 0 Å². The normalized spacial score (nSPS) is 10.9. The number of aliphatic hydroxyl groups is 3. The van der Waals surface area contributed by atoms with E-state index < -0.39 is 25.4 Å². The summed E-state index contributed by atoms with van der Waals surface area (Å²) in [5.74, 6) is 0.316. The summed E-state index contributed by atoms with van der Waals surface area (Å²) in [6.45, 7) is -1.34. The van der Waals surface area contributed by atoms with E-state index >= 15 is 0 Å². The quantitative estimate of drug-likeness (QED) is 0.514. The second kappa shape index (κ2) is 5.42. The summed E-state index contributed by atoms with van der Waals surface area (Å²) >= 11 is 0. The van der Waals surface area contributed by atoms with E-state index in [4.69, 9.17) is 20.6 Å². The molecule has 4 N–H and O–H groups in total. The number of nitrogens with zero attached hydrogens (tertiary/aromatic N) is 2. The molecule has 0 aliphatic carbocycles. The highest BCUT2D eigenvalue weighted by molar-refractivity contribution is 5.41. The van der Waals surface area contributed by atoms with Crippen molar-refractivity contribution in [3.05, 3.63) is 23.9 Å². The van der Waals surface area contributed by atoms with Crippen molar-refractivity contribution in [2.75, 3.05) is 25.1 Å². The first-order chi connectivity index (χ1) is 7.69. The lowest BCUT2D eigenvalue weighted by atomic mass is 10.0. The summed E-state index contributed by atoms with van der Waals surface area (Å²) in [5.41, 5.74) is -1.02. The molecule has 0 aliphatic rings. The molecule has 0 atom stereocenters. The molecule has 0 spiro atoms. The van der Waals surface area contributed by atoms with Gasteiger partial charge in [0.1, 0.15) is 23.1 Å². The fourth-order valence-electron chi connectivity index (χ4n) is 1.11. The van der Waals surface area contributed by atoms with Crippen LogP contribution in [-0.4, -0.2) is 45.7 Å². The number of hydrogen-bond donors (Lipinski definition) is 4. The van der Waals surface area contributed by atoms with Crippen LogP contribution in [0.5, 0.6) is 0 Å². The van der Waals surface area contributed by atoms with Crippen LogP contribution in [0.25, 0.3) is 0 Å². The lowest BCUT2D eigenvalue weighted by Crippen LogP contribution is -2.49. The number of rotatable bonds is 5. The first-order valence-corrected chi connectivity index (χ1v) is 4.67. The standard InChI is InChI=1S/C10H13N3O3/c11-4-8-2-1-3-9(12-8)13-10(5-14,6-15)7-16/h1-3,14-16H,5-7H2,(H,12,13). The van der Waals surface area contributed by atoms with Crippen molar-refractivity contribution in [1.82, 2.24) is 4.98 Å². The number of aromatic nitrogens is 1. The highest BCUT2D eigenvalue weighted by atomic mass is 16.3. The van der Waals surface area contributed by atoms with Gasteiger partial charge in [0.05, 0.1) is 19.8 Å². The van der Waals surface area contributed by atoms with Gasteiger partial charge in [0.25, 0.3) is 0 Å². The predicted molar refractivity (Wildman–Crippen MR) is 56.6 cm³/mol. The summed E-state index contributed by atoms with van der Waals surface area (Å²) in [5, 5.41) is 38.6. The van der Waals surface area contributed by atoms with E-state index in [1.165, 1.54) is 6.07 Å². The van der Waals surface area contributed by atoms with Gasteiger partial charge in [-0.2, -0.15) is 5.26 Å². The van der Waals surface area contributed by atoms with Crippen LogP contribution in [0.15, 0.2) is 18.2 Å². The van der Waals surface area contributed by atoms with E-state index in [1.54, 1.807) is 12.1 Å². The van der Waals surface area contributed by atoms with E-state index in [0.29, 0.717) is 5.82 Å². The van der Waals surface area contributed by atoms with Crippen molar-refractivity contribution in [2.45, 2.75) is 5.54 Å². The SMILES string of the molecule is N#Cc1cccc(NC(CO)(CO)CO)n1. The van der Waals surface area contributed by atoms with Gasteiger partial charge in [0.2, 0.25) is 0 Å². The maximum absolute atomic E-state index is 9.09. The number of aliphatic hydroxyl groups excluding tert-OH is 3. The van der Waals surface area contributed by atoms with E-state index in [2.05, 4.69) is 10.3 Å². The molecule has 0 aromatic carbocycles. The molecular weight excluding hydrogens is 210 g/mol. The zero-order chi connectivity index (χ0) is 12.0. The number of hydrogen-bond acceptors (Lipinski definition) is 6. The van der Waals surface area contributed by atoms with Gasteiger partial charge in [-0.15, -0.1) is 0 Å². The van der Waals surface area contributed by atoms with Crippen LogP contribution in [-0.2, 0) is 0 Å². The molecule has 0 fully saturated rings. The van der Waals surface area contributed by atoms with Gasteiger partial charge >= 0.3 is 0 Å². The van der Waals surface area contributed by atoms with E-state index in [9.17, 15) is 0 Å². The molecular formula is C10H13N3O3. The molecule has 0 bridgehead atoms. The van der Waals surface area contributed by atoms with Gasteiger partial charge in [-0.25, -0.2) is 4.98 Å². The Kier molecular flexibility index (Phi) is 4.19. The minimum absolute atomic E-state index is 0.215. The Morgan fingerprint density at radius 2 is 1.88 bits per heavy atom. The number of pyridine rings is 1. The highest BCUT2D eigenvalue weighted by Crippen LogP contribution is 2.12. The zero-order valence-corrected chi connectivity index (χ0v) is 8.59. The minimum Gasteiger partial charge on any atom is -0.394 e. The Labute approximate surface area is 92.8 Å². The molecule has 0 saturated heterocycles. The van der Waals surface area contributed by atoms with Gasteiger partial charge < -0.3 is 20.6 Å². The Morgan fingerprint density at radius 1 is 1.25 bits per heavy atom. The Hall–Kier alpha value is -1.68. The molecule has 16 heavy (non-hydrogen) atoms. The Balaban J connectivity index is 2.90. The molecule has 1 aromatic heterocycles. The van der Waals surface area contributed by atoms with E-state index in [1.807, 2.05) is 6.07 Å². The molecule has 1 rings (SSSR count). The molecule has 1 aromatic rings. The number of anilines is 1. The lowest BCUT2D eigenvalue weighted by molar-refractivity contribution is 0.0831. The van der Waals surface area contributed by atoms with Crippen LogP contribution in [0.4, 0.5) is 5.82 Å². The largest absolute Gasteiger partial charge is 0.394 e. The van der Waals surface area contributed by atoms with Gasteiger partial charge in [0.15, 0.2) is 0 Å². The molecule has 86 valence electrons. The summed E-state index contributed by atoms with van der Waals surface area (Å²) in [6, 6.07) is 6.60. The summed E-state index contributed by atoms with van der Waals surface area (Å²) < 4.78 is 0. The van der Waals surface area contributed by atoms with Crippen LogP contribution in [0.3, 0.4) is 0 Å². The molecule has 0 aliphatic heterocycles. The van der Waals surface area contributed by atoms with Crippen molar-refractivity contribution in [1.29, 1.82) is 5.26 Å². The average Bonchev–Trinajstić information content (AvgIpc) is 2.36. The van der Waals surface area contributed by atoms with Crippen LogP contribution >= 0.6 is 0 Å². The number of nitrogens with one attached hydrogen (secondary N) is 1. The summed E-state index contributed by atoms with van der Waals surface area (Å²) in [4.78, 5) is 3.91. The molecule has 1 heterocycles. The monoisotopic (exact) mass is 223 g/mol. The van der Waals surface area contributed by atoms with Gasteiger partial charge in [0, 0.05) is 0 Å².